The molecule has 8 heteroatoms. The van der Waals surface area contributed by atoms with E-state index >= 15 is 0 Å². The predicted molar refractivity (Wildman–Crippen MR) is 91.2 cm³/mol. The minimum Gasteiger partial charge on any atom is -0.492 e. The third-order valence-electron chi connectivity index (χ3n) is 3.11. The van der Waals surface area contributed by atoms with Crippen LogP contribution in [0.5, 0.6) is 5.75 Å². The van der Waals surface area contributed by atoms with Gasteiger partial charge in [-0.15, -0.1) is 5.10 Å². The van der Waals surface area contributed by atoms with Crippen molar-refractivity contribution in [2.75, 3.05) is 18.9 Å². The van der Waals surface area contributed by atoms with Crippen LogP contribution >= 0.6 is 11.8 Å². The van der Waals surface area contributed by atoms with Crippen LogP contribution in [0.3, 0.4) is 0 Å². The molecule has 0 saturated carbocycles. The summed E-state index contributed by atoms with van der Waals surface area (Å²) in [5.41, 5.74) is 1.14. The topological polar surface area (TPSA) is 81.4 Å². The lowest BCUT2D eigenvalue weighted by Crippen LogP contribution is -2.29. The van der Waals surface area contributed by atoms with E-state index in [1.807, 2.05) is 31.2 Å². The number of fused-ring (bicyclic) bond motifs is 1. The van der Waals surface area contributed by atoms with Crippen LogP contribution in [0, 0.1) is 6.92 Å². The van der Waals surface area contributed by atoms with Crippen molar-refractivity contribution < 1.29 is 9.53 Å². The maximum absolute atomic E-state index is 11.8. The fourth-order valence-corrected chi connectivity index (χ4v) is 2.67. The van der Waals surface area contributed by atoms with Crippen molar-refractivity contribution in [3.63, 3.8) is 0 Å². The van der Waals surface area contributed by atoms with Crippen molar-refractivity contribution in [2.24, 2.45) is 0 Å². The molecule has 0 aliphatic heterocycles. The van der Waals surface area contributed by atoms with Crippen molar-refractivity contribution in [1.29, 1.82) is 0 Å². The van der Waals surface area contributed by atoms with Gasteiger partial charge >= 0.3 is 0 Å². The van der Waals surface area contributed by atoms with E-state index in [4.69, 9.17) is 4.74 Å². The molecule has 3 rings (SSSR count). The van der Waals surface area contributed by atoms with Gasteiger partial charge in [0.2, 0.25) is 11.1 Å². The Morgan fingerprint density at radius 1 is 1.38 bits per heavy atom. The molecule has 0 fully saturated rings. The second kappa shape index (κ2) is 7.78. The zero-order valence-electron chi connectivity index (χ0n) is 13.2. The number of ether oxygens (including phenoxy) is 1. The number of carbonyl (C=O) groups excluding carboxylic acids is 1. The second-order valence-electron chi connectivity index (χ2n) is 5.06. The summed E-state index contributed by atoms with van der Waals surface area (Å²) in [6.45, 7) is 2.89. The van der Waals surface area contributed by atoms with Crippen LogP contribution in [0.15, 0.2) is 47.9 Å². The van der Waals surface area contributed by atoms with Crippen molar-refractivity contribution in [1.82, 2.24) is 24.9 Å². The first kappa shape index (κ1) is 16.3. The average molecular weight is 343 g/mol. The monoisotopic (exact) mass is 343 g/mol. The fourth-order valence-electron chi connectivity index (χ4n) is 2.02. The molecule has 3 aromatic rings. The van der Waals surface area contributed by atoms with E-state index in [2.05, 4.69) is 20.4 Å². The molecule has 124 valence electrons. The molecule has 1 aromatic carbocycles. The van der Waals surface area contributed by atoms with Gasteiger partial charge in [-0.05, 0) is 30.7 Å². The Bertz CT molecular complexity index is 803. The van der Waals surface area contributed by atoms with E-state index in [0.29, 0.717) is 24.1 Å². The third kappa shape index (κ3) is 4.45. The summed E-state index contributed by atoms with van der Waals surface area (Å²) in [7, 11) is 0. The lowest BCUT2D eigenvalue weighted by Gasteiger charge is -2.07. The molecule has 0 spiro atoms. The smallest absolute Gasteiger partial charge is 0.253 e. The highest BCUT2D eigenvalue weighted by molar-refractivity contribution is 7.99. The van der Waals surface area contributed by atoms with Crippen LogP contribution in [-0.4, -0.2) is 44.4 Å². The van der Waals surface area contributed by atoms with Crippen LogP contribution in [-0.2, 0) is 4.79 Å². The largest absolute Gasteiger partial charge is 0.492 e. The summed E-state index contributed by atoms with van der Waals surface area (Å²) in [6.07, 6.45) is 3.42. The zero-order valence-corrected chi connectivity index (χ0v) is 14.0. The Hall–Kier alpha value is -2.61. The number of amides is 1. The maximum Gasteiger partial charge on any atom is 0.253 e. The Balaban J connectivity index is 1.38. The number of aromatic nitrogens is 4. The summed E-state index contributed by atoms with van der Waals surface area (Å²) in [5, 5.41) is 7.57. The molecule has 0 aliphatic rings. The molecule has 7 nitrogen and oxygen atoms in total. The van der Waals surface area contributed by atoms with Crippen molar-refractivity contribution in [2.45, 2.75) is 12.1 Å². The molecule has 1 amide bonds. The summed E-state index contributed by atoms with van der Waals surface area (Å²) in [6, 6.07) is 9.58. The number of benzene rings is 1. The molecule has 1 N–H and O–H groups in total. The normalized spacial score (nSPS) is 10.7. The lowest BCUT2D eigenvalue weighted by molar-refractivity contribution is -0.118. The van der Waals surface area contributed by atoms with Crippen LogP contribution in [0.1, 0.15) is 5.56 Å². The molecule has 24 heavy (non-hydrogen) atoms. The van der Waals surface area contributed by atoms with Gasteiger partial charge in [0.1, 0.15) is 12.4 Å². The van der Waals surface area contributed by atoms with Crippen molar-refractivity contribution >= 4 is 23.4 Å². The Kier molecular flexibility index (Phi) is 5.27. The first-order valence-corrected chi connectivity index (χ1v) is 8.45. The number of nitrogens with one attached hydrogen (secondary N) is 1. The number of rotatable bonds is 7. The molecule has 0 bridgehead atoms. The second-order valence-corrected chi connectivity index (χ2v) is 6.00. The third-order valence-corrected chi connectivity index (χ3v) is 3.95. The molecule has 0 radical (unpaired) electrons. The van der Waals surface area contributed by atoms with Crippen molar-refractivity contribution in [3.05, 3.63) is 48.3 Å². The van der Waals surface area contributed by atoms with Crippen molar-refractivity contribution in [3.8, 4) is 5.75 Å². The van der Waals surface area contributed by atoms with Crippen LogP contribution in [0.25, 0.3) is 5.78 Å². The fraction of sp³-hybridized carbons (Fsp3) is 0.250. The predicted octanol–water partition coefficient (Wildman–Crippen LogP) is 1.72. The Morgan fingerprint density at radius 3 is 3.12 bits per heavy atom. The highest BCUT2D eigenvalue weighted by Gasteiger charge is 2.08. The summed E-state index contributed by atoms with van der Waals surface area (Å²) in [4.78, 5) is 20.1. The molecular formula is C16H17N5O2S. The Labute approximate surface area is 143 Å². The molecule has 0 aliphatic carbocycles. The van der Waals surface area contributed by atoms with E-state index in [9.17, 15) is 4.79 Å². The van der Waals surface area contributed by atoms with Crippen LogP contribution in [0.4, 0.5) is 0 Å². The minimum atomic E-state index is -0.0837. The first-order valence-electron chi connectivity index (χ1n) is 7.47. The standard InChI is InChI=1S/C16H17N5O2S/c1-12-4-2-5-13(10-12)23-9-7-17-14(22)11-24-16-19-15-18-6-3-8-21(15)20-16/h2-6,8,10H,7,9,11H2,1H3,(H,17,22). The minimum absolute atomic E-state index is 0.0837. The number of aryl methyl sites for hydroxylation is 1. The Morgan fingerprint density at radius 2 is 2.29 bits per heavy atom. The van der Waals surface area contributed by atoms with E-state index in [1.165, 1.54) is 11.8 Å². The SMILES string of the molecule is Cc1cccc(OCCNC(=O)CSc2nc3ncccn3n2)c1. The van der Waals surface area contributed by atoms with E-state index in [-0.39, 0.29) is 11.7 Å². The lowest BCUT2D eigenvalue weighted by atomic mass is 10.2. The van der Waals surface area contributed by atoms with E-state index < -0.39 is 0 Å². The molecule has 2 heterocycles. The average Bonchev–Trinajstić information content (AvgIpc) is 3.00. The molecule has 0 saturated heterocycles. The number of nitrogens with zero attached hydrogens (tertiary/aromatic N) is 4. The summed E-state index contributed by atoms with van der Waals surface area (Å²) >= 11 is 1.27. The van der Waals surface area contributed by atoms with Gasteiger partial charge in [-0.1, -0.05) is 23.9 Å². The van der Waals surface area contributed by atoms with Gasteiger partial charge in [-0.25, -0.2) is 9.50 Å². The molecule has 2 aromatic heterocycles. The maximum atomic E-state index is 11.8. The first-order chi connectivity index (χ1) is 11.7. The van der Waals surface area contributed by atoms with Gasteiger partial charge in [0, 0.05) is 12.4 Å². The van der Waals surface area contributed by atoms with Gasteiger partial charge in [-0.2, -0.15) is 4.98 Å². The van der Waals surface area contributed by atoms with Crippen LogP contribution < -0.4 is 10.1 Å². The van der Waals surface area contributed by atoms with Gasteiger partial charge in [-0.3, -0.25) is 4.79 Å². The molecule has 0 atom stereocenters. The van der Waals surface area contributed by atoms with E-state index in [1.54, 1.807) is 23.0 Å². The molecular weight excluding hydrogens is 326 g/mol. The zero-order chi connectivity index (χ0) is 16.8. The molecule has 0 unspecified atom stereocenters. The highest BCUT2D eigenvalue weighted by atomic mass is 32.2. The van der Waals surface area contributed by atoms with Gasteiger partial charge in [0.25, 0.3) is 5.78 Å². The number of carbonyl (C=O) groups is 1. The van der Waals surface area contributed by atoms with Gasteiger partial charge in [0.15, 0.2) is 0 Å². The van der Waals surface area contributed by atoms with Gasteiger partial charge < -0.3 is 10.1 Å². The summed E-state index contributed by atoms with van der Waals surface area (Å²) in [5.74, 6) is 1.49. The van der Waals surface area contributed by atoms with E-state index in [0.717, 1.165) is 11.3 Å². The number of thioether (sulfide) groups is 1. The number of hydrogen-bond acceptors (Lipinski definition) is 6. The van der Waals surface area contributed by atoms with Crippen LogP contribution in [0.2, 0.25) is 0 Å². The highest BCUT2D eigenvalue weighted by Crippen LogP contribution is 2.13. The summed E-state index contributed by atoms with van der Waals surface area (Å²) < 4.78 is 7.16. The van der Waals surface area contributed by atoms with Gasteiger partial charge in [0.05, 0.1) is 12.3 Å². The quantitative estimate of drug-likeness (QED) is 0.520. The number of hydrogen-bond donors (Lipinski definition) is 1.